The van der Waals surface area contributed by atoms with E-state index < -0.39 is 5.97 Å². The summed E-state index contributed by atoms with van der Waals surface area (Å²) < 4.78 is 6.22. The SMILES string of the molecule is CCCc1ccc(-c2ccc(C=C3SC(=S)N(CCC(=O)O)C3=O)o2)s1. The van der Waals surface area contributed by atoms with Crippen molar-refractivity contribution in [3.05, 3.63) is 39.8 Å². The van der Waals surface area contributed by atoms with Crippen LogP contribution in [0.5, 0.6) is 0 Å². The molecule has 3 rings (SSSR count). The van der Waals surface area contributed by atoms with Crippen molar-refractivity contribution in [1.29, 1.82) is 0 Å². The summed E-state index contributed by atoms with van der Waals surface area (Å²) in [4.78, 5) is 27.2. The fourth-order valence-electron chi connectivity index (χ4n) is 2.48. The van der Waals surface area contributed by atoms with Gasteiger partial charge >= 0.3 is 5.97 Å². The second-order valence-electron chi connectivity index (χ2n) is 5.70. The van der Waals surface area contributed by atoms with Crippen LogP contribution < -0.4 is 0 Å². The Morgan fingerprint density at radius 2 is 2.15 bits per heavy atom. The smallest absolute Gasteiger partial charge is 0.305 e. The van der Waals surface area contributed by atoms with Crippen LogP contribution in [0.25, 0.3) is 16.7 Å². The number of aliphatic carboxylic acids is 1. The molecule has 0 spiro atoms. The second-order valence-corrected chi connectivity index (χ2v) is 8.54. The first-order valence-electron chi connectivity index (χ1n) is 8.14. The summed E-state index contributed by atoms with van der Waals surface area (Å²) in [6.07, 6.45) is 3.68. The van der Waals surface area contributed by atoms with E-state index in [0.29, 0.717) is 15.0 Å². The zero-order valence-corrected chi connectivity index (χ0v) is 16.5. The van der Waals surface area contributed by atoms with Gasteiger partial charge in [-0.15, -0.1) is 11.3 Å². The molecule has 1 amide bonds. The van der Waals surface area contributed by atoms with Gasteiger partial charge in [0.2, 0.25) is 0 Å². The summed E-state index contributed by atoms with van der Waals surface area (Å²) >= 11 is 8.05. The minimum Gasteiger partial charge on any atom is -0.481 e. The third-order valence-corrected chi connectivity index (χ3v) is 6.26. The number of rotatable bonds is 7. The fraction of sp³-hybridized carbons (Fsp3) is 0.278. The van der Waals surface area contributed by atoms with E-state index in [1.165, 1.54) is 9.78 Å². The average molecular weight is 408 g/mol. The van der Waals surface area contributed by atoms with Crippen LogP contribution in [0.3, 0.4) is 0 Å². The Labute approximate surface area is 164 Å². The van der Waals surface area contributed by atoms with Gasteiger partial charge in [0.05, 0.1) is 16.2 Å². The zero-order valence-electron chi connectivity index (χ0n) is 14.1. The Hall–Kier alpha value is -1.90. The number of amides is 1. The van der Waals surface area contributed by atoms with Gasteiger partial charge in [-0.1, -0.05) is 37.3 Å². The first kappa shape index (κ1) is 18.9. The molecule has 26 heavy (non-hydrogen) atoms. The highest BCUT2D eigenvalue weighted by atomic mass is 32.2. The normalized spacial score (nSPS) is 16.0. The summed E-state index contributed by atoms with van der Waals surface area (Å²) in [5.41, 5.74) is 0. The summed E-state index contributed by atoms with van der Waals surface area (Å²) in [5, 5.41) is 8.78. The molecule has 0 atom stereocenters. The van der Waals surface area contributed by atoms with Crippen molar-refractivity contribution < 1.29 is 19.1 Å². The molecular weight excluding hydrogens is 390 g/mol. The lowest BCUT2D eigenvalue weighted by molar-refractivity contribution is -0.137. The van der Waals surface area contributed by atoms with Gasteiger partial charge in [-0.3, -0.25) is 14.5 Å². The molecule has 2 aromatic heterocycles. The maximum absolute atomic E-state index is 12.4. The number of thiophene rings is 1. The Bertz CT molecular complexity index is 881. The molecule has 5 nitrogen and oxygen atoms in total. The number of hydrogen-bond acceptors (Lipinski definition) is 6. The van der Waals surface area contributed by atoms with Crippen molar-refractivity contribution in [2.45, 2.75) is 26.2 Å². The van der Waals surface area contributed by atoms with E-state index in [2.05, 4.69) is 13.0 Å². The van der Waals surface area contributed by atoms with Crippen molar-refractivity contribution in [3.8, 4) is 10.6 Å². The van der Waals surface area contributed by atoms with E-state index in [9.17, 15) is 9.59 Å². The number of nitrogens with zero attached hydrogens (tertiary/aromatic N) is 1. The topological polar surface area (TPSA) is 70.8 Å². The van der Waals surface area contributed by atoms with Gasteiger partial charge in [0.25, 0.3) is 5.91 Å². The standard InChI is InChI=1S/C18H17NO4S3/c1-2-3-12-5-7-14(25-12)13-6-4-11(23-13)10-15-17(22)19(18(24)26-15)9-8-16(20)21/h4-7,10H,2-3,8-9H2,1H3,(H,20,21). The summed E-state index contributed by atoms with van der Waals surface area (Å²) in [5.74, 6) is 0.104. The van der Waals surface area contributed by atoms with E-state index in [4.69, 9.17) is 21.7 Å². The number of carboxylic acids is 1. The monoisotopic (exact) mass is 407 g/mol. The number of hydrogen-bond donors (Lipinski definition) is 1. The van der Waals surface area contributed by atoms with Crippen molar-refractivity contribution in [1.82, 2.24) is 4.90 Å². The van der Waals surface area contributed by atoms with E-state index >= 15 is 0 Å². The van der Waals surface area contributed by atoms with Gasteiger partial charge in [-0.25, -0.2) is 0 Å². The molecule has 0 bridgehead atoms. The predicted molar refractivity (Wildman–Crippen MR) is 108 cm³/mol. The molecular formula is C18H17NO4S3. The van der Waals surface area contributed by atoms with Gasteiger partial charge in [0, 0.05) is 17.5 Å². The minimum absolute atomic E-state index is 0.0795. The lowest BCUT2D eigenvalue weighted by atomic mass is 10.3. The van der Waals surface area contributed by atoms with Crippen LogP contribution in [0.15, 0.2) is 33.6 Å². The molecule has 0 saturated carbocycles. The van der Waals surface area contributed by atoms with Crippen LogP contribution in [0, 0.1) is 0 Å². The molecule has 1 aliphatic heterocycles. The largest absolute Gasteiger partial charge is 0.481 e. The zero-order chi connectivity index (χ0) is 18.7. The van der Waals surface area contributed by atoms with E-state index in [-0.39, 0.29) is 18.9 Å². The number of furan rings is 1. The summed E-state index contributed by atoms with van der Waals surface area (Å²) in [7, 11) is 0. The number of thioether (sulfide) groups is 1. The van der Waals surface area contributed by atoms with Crippen molar-refractivity contribution in [2.75, 3.05) is 6.54 Å². The van der Waals surface area contributed by atoms with E-state index in [1.54, 1.807) is 17.4 Å². The van der Waals surface area contributed by atoms with Crippen LogP contribution in [-0.4, -0.2) is 32.7 Å². The molecule has 1 saturated heterocycles. The van der Waals surface area contributed by atoms with Crippen molar-refractivity contribution in [2.24, 2.45) is 0 Å². The first-order valence-corrected chi connectivity index (χ1v) is 10.2. The highest BCUT2D eigenvalue weighted by molar-refractivity contribution is 8.26. The molecule has 0 unspecified atom stereocenters. The molecule has 0 aliphatic carbocycles. The lowest BCUT2D eigenvalue weighted by Crippen LogP contribution is -2.30. The van der Waals surface area contributed by atoms with E-state index in [1.807, 2.05) is 18.2 Å². The maximum Gasteiger partial charge on any atom is 0.305 e. The highest BCUT2D eigenvalue weighted by Crippen LogP contribution is 2.35. The molecule has 2 aromatic rings. The average Bonchev–Trinajstić information content (AvgIpc) is 3.28. The van der Waals surface area contributed by atoms with Gasteiger partial charge in [-0.2, -0.15) is 0 Å². The third kappa shape index (κ3) is 4.25. The van der Waals surface area contributed by atoms with E-state index in [0.717, 1.165) is 35.2 Å². The number of carboxylic acid groups (broad SMARTS) is 1. The Balaban J connectivity index is 1.74. The molecule has 3 heterocycles. The minimum atomic E-state index is -0.961. The van der Waals surface area contributed by atoms with Gasteiger partial charge in [0.15, 0.2) is 0 Å². The number of carbonyl (C=O) groups excluding carboxylic acids is 1. The highest BCUT2D eigenvalue weighted by Gasteiger charge is 2.32. The number of carbonyl (C=O) groups is 2. The van der Waals surface area contributed by atoms with Crippen LogP contribution >= 0.6 is 35.3 Å². The molecule has 0 radical (unpaired) electrons. The quantitative estimate of drug-likeness (QED) is 0.533. The molecule has 1 aliphatic rings. The molecule has 8 heteroatoms. The fourth-order valence-corrected chi connectivity index (χ4v) is 4.84. The lowest BCUT2D eigenvalue weighted by Gasteiger charge is -2.12. The number of aryl methyl sites for hydroxylation is 1. The Kier molecular flexibility index (Phi) is 5.95. The summed E-state index contributed by atoms with van der Waals surface area (Å²) in [6, 6.07) is 7.86. The first-order chi connectivity index (χ1) is 12.5. The van der Waals surface area contributed by atoms with Gasteiger partial charge in [0.1, 0.15) is 15.8 Å². The molecule has 1 fully saturated rings. The predicted octanol–water partition coefficient (Wildman–Crippen LogP) is 4.64. The van der Waals surface area contributed by atoms with Crippen molar-refractivity contribution in [3.63, 3.8) is 0 Å². The van der Waals surface area contributed by atoms with Crippen LogP contribution in [-0.2, 0) is 16.0 Å². The van der Waals surface area contributed by atoms with Crippen LogP contribution in [0.2, 0.25) is 0 Å². The molecule has 0 aromatic carbocycles. The van der Waals surface area contributed by atoms with Crippen molar-refractivity contribution >= 4 is 57.6 Å². The maximum atomic E-state index is 12.4. The molecule has 136 valence electrons. The summed E-state index contributed by atoms with van der Waals surface area (Å²) in [6.45, 7) is 2.23. The van der Waals surface area contributed by atoms with Gasteiger partial charge < -0.3 is 9.52 Å². The number of thiocarbonyl (C=S) groups is 1. The Morgan fingerprint density at radius 3 is 2.88 bits per heavy atom. The second kappa shape index (κ2) is 8.20. The van der Waals surface area contributed by atoms with Gasteiger partial charge in [-0.05, 0) is 30.7 Å². The molecule has 1 N–H and O–H groups in total. The van der Waals surface area contributed by atoms with Crippen LogP contribution in [0.4, 0.5) is 0 Å². The Morgan fingerprint density at radius 1 is 1.35 bits per heavy atom. The van der Waals surface area contributed by atoms with Crippen LogP contribution in [0.1, 0.15) is 30.4 Å². The third-order valence-electron chi connectivity index (χ3n) is 3.72.